The van der Waals surface area contributed by atoms with Crippen LogP contribution in [0.4, 0.5) is 0 Å². The molecule has 0 bridgehead atoms. The SMILES string of the molecule is Cc1ccc(C)c(S(=O)(=O)NC2CCCCC2CN)c1.Cl. The van der Waals surface area contributed by atoms with Gasteiger partial charge < -0.3 is 5.73 Å². The highest BCUT2D eigenvalue weighted by atomic mass is 35.5. The van der Waals surface area contributed by atoms with Gasteiger partial charge in [-0.15, -0.1) is 12.4 Å². The van der Waals surface area contributed by atoms with Crippen LogP contribution in [0.3, 0.4) is 0 Å². The Balaban J connectivity index is 0.00000220. The van der Waals surface area contributed by atoms with Crippen LogP contribution in [0.5, 0.6) is 0 Å². The van der Waals surface area contributed by atoms with E-state index in [9.17, 15) is 8.42 Å². The largest absolute Gasteiger partial charge is 0.330 e. The molecule has 4 nitrogen and oxygen atoms in total. The molecule has 0 radical (unpaired) electrons. The molecular weight excluding hydrogens is 308 g/mol. The first-order valence-electron chi connectivity index (χ1n) is 7.23. The first-order chi connectivity index (χ1) is 9.44. The molecule has 1 fully saturated rings. The van der Waals surface area contributed by atoms with Crippen LogP contribution in [0, 0.1) is 19.8 Å². The summed E-state index contributed by atoms with van der Waals surface area (Å²) in [7, 11) is -3.46. The van der Waals surface area contributed by atoms with E-state index in [2.05, 4.69) is 4.72 Å². The van der Waals surface area contributed by atoms with E-state index in [1.807, 2.05) is 26.0 Å². The summed E-state index contributed by atoms with van der Waals surface area (Å²) in [5.41, 5.74) is 7.50. The van der Waals surface area contributed by atoms with E-state index in [1.165, 1.54) is 0 Å². The summed E-state index contributed by atoms with van der Waals surface area (Å²) in [5.74, 6) is 0.253. The summed E-state index contributed by atoms with van der Waals surface area (Å²) < 4.78 is 28.0. The van der Waals surface area contributed by atoms with Crippen molar-refractivity contribution < 1.29 is 8.42 Å². The molecule has 0 heterocycles. The predicted octanol–water partition coefficient (Wildman–Crippen LogP) is 2.52. The quantitative estimate of drug-likeness (QED) is 0.889. The lowest BCUT2D eigenvalue weighted by molar-refractivity contribution is 0.296. The Morgan fingerprint density at radius 3 is 2.57 bits per heavy atom. The smallest absolute Gasteiger partial charge is 0.241 e. The molecule has 21 heavy (non-hydrogen) atoms. The predicted molar refractivity (Wildman–Crippen MR) is 88.3 cm³/mol. The second-order valence-corrected chi connectivity index (χ2v) is 7.46. The Morgan fingerprint density at radius 1 is 1.24 bits per heavy atom. The van der Waals surface area contributed by atoms with Crippen LogP contribution in [0.25, 0.3) is 0 Å². The maximum Gasteiger partial charge on any atom is 0.241 e. The summed E-state index contributed by atoms with van der Waals surface area (Å²) in [5, 5.41) is 0. The fraction of sp³-hybridized carbons (Fsp3) is 0.600. The lowest BCUT2D eigenvalue weighted by Gasteiger charge is -2.31. The molecule has 0 amide bonds. The van der Waals surface area contributed by atoms with Crippen molar-refractivity contribution in [1.82, 2.24) is 4.72 Å². The Bertz CT molecular complexity index is 575. The van der Waals surface area contributed by atoms with Crippen molar-refractivity contribution in [3.05, 3.63) is 29.3 Å². The molecule has 0 saturated heterocycles. The second-order valence-electron chi connectivity index (χ2n) is 5.78. The third-order valence-electron chi connectivity index (χ3n) is 4.15. The number of rotatable bonds is 4. The minimum Gasteiger partial charge on any atom is -0.330 e. The topological polar surface area (TPSA) is 72.2 Å². The fourth-order valence-corrected chi connectivity index (χ4v) is 4.57. The molecular formula is C15H25ClN2O2S. The Morgan fingerprint density at radius 2 is 1.90 bits per heavy atom. The van der Waals surface area contributed by atoms with Gasteiger partial charge in [-0.05, 0) is 56.3 Å². The van der Waals surface area contributed by atoms with Gasteiger partial charge in [0.25, 0.3) is 0 Å². The van der Waals surface area contributed by atoms with Crippen LogP contribution < -0.4 is 10.5 Å². The van der Waals surface area contributed by atoms with Gasteiger partial charge in [0.1, 0.15) is 0 Å². The molecule has 6 heteroatoms. The summed E-state index contributed by atoms with van der Waals surface area (Å²) >= 11 is 0. The standard InChI is InChI=1S/C15H24N2O2S.ClH/c1-11-7-8-12(2)15(9-11)20(18,19)17-14-6-4-3-5-13(14)10-16;/h7-9,13-14,17H,3-6,10,16H2,1-2H3;1H. The zero-order valence-corrected chi connectivity index (χ0v) is 14.3. The number of hydrogen-bond donors (Lipinski definition) is 2. The monoisotopic (exact) mass is 332 g/mol. The molecule has 3 N–H and O–H groups in total. The third kappa shape index (κ3) is 4.42. The molecule has 1 aliphatic rings. The van der Waals surface area contributed by atoms with Gasteiger partial charge in [-0.25, -0.2) is 13.1 Å². The minimum absolute atomic E-state index is 0. The number of hydrogen-bond acceptors (Lipinski definition) is 3. The summed E-state index contributed by atoms with van der Waals surface area (Å²) in [6.07, 6.45) is 4.10. The van der Waals surface area contributed by atoms with Gasteiger partial charge in [0.2, 0.25) is 10.0 Å². The Kier molecular flexibility index (Phi) is 6.66. The van der Waals surface area contributed by atoms with Gasteiger partial charge in [-0.1, -0.05) is 25.0 Å². The molecule has 1 saturated carbocycles. The number of nitrogens with one attached hydrogen (secondary N) is 1. The van der Waals surface area contributed by atoms with Crippen LogP contribution in [-0.2, 0) is 10.0 Å². The molecule has 0 aliphatic heterocycles. The maximum absolute atomic E-state index is 12.6. The van der Waals surface area contributed by atoms with Crippen molar-refractivity contribution >= 4 is 22.4 Å². The highest BCUT2D eigenvalue weighted by molar-refractivity contribution is 7.89. The van der Waals surface area contributed by atoms with Gasteiger partial charge in [-0.2, -0.15) is 0 Å². The van der Waals surface area contributed by atoms with Crippen LogP contribution >= 0.6 is 12.4 Å². The molecule has 0 aromatic heterocycles. The molecule has 1 aromatic rings. The highest BCUT2D eigenvalue weighted by Gasteiger charge is 2.29. The molecule has 120 valence electrons. The lowest BCUT2D eigenvalue weighted by atomic mass is 9.85. The zero-order valence-electron chi connectivity index (χ0n) is 12.6. The molecule has 0 spiro atoms. The minimum atomic E-state index is -3.46. The average Bonchev–Trinajstić information content (AvgIpc) is 2.41. The van der Waals surface area contributed by atoms with Crippen molar-refractivity contribution in [3.63, 3.8) is 0 Å². The van der Waals surface area contributed by atoms with E-state index in [4.69, 9.17) is 5.73 Å². The molecule has 1 aromatic carbocycles. The summed E-state index contributed by atoms with van der Waals surface area (Å²) in [6, 6.07) is 5.49. The molecule has 2 unspecified atom stereocenters. The van der Waals surface area contributed by atoms with E-state index < -0.39 is 10.0 Å². The van der Waals surface area contributed by atoms with Crippen LogP contribution in [-0.4, -0.2) is 21.0 Å². The third-order valence-corrected chi connectivity index (χ3v) is 5.78. The van der Waals surface area contributed by atoms with Gasteiger partial charge in [0.05, 0.1) is 4.90 Å². The number of halogens is 1. The van der Waals surface area contributed by atoms with Crippen molar-refractivity contribution in [1.29, 1.82) is 0 Å². The van der Waals surface area contributed by atoms with Crippen molar-refractivity contribution in [2.75, 3.05) is 6.54 Å². The Labute approximate surface area is 134 Å². The van der Waals surface area contributed by atoms with Crippen LogP contribution in [0.15, 0.2) is 23.1 Å². The number of benzene rings is 1. The van der Waals surface area contributed by atoms with Gasteiger partial charge in [0, 0.05) is 6.04 Å². The van der Waals surface area contributed by atoms with E-state index in [1.54, 1.807) is 6.07 Å². The van der Waals surface area contributed by atoms with E-state index in [0.717, 1.165) is 36.8 Å². The Hall–Kier alpha value is -0.620. The number of sulfonamides is 1. The van der Waals surface area contributed by atoms with Gasteiger partial charge in [0.15, 0.2) is 0 Å². The molecule has 2 rings (SSSR count). The van der Waals surface area contributed by atoms with Gasteiger partial charge >= 0.3 is 0 Å². The van der Waals surface area contributed by atoms with E-state index in [-0.39, 0.29) is 24.4 Å². The van der Waals surface area contributed by atoms with E-state index >= 15 is 0 Å². The first-order valence-corrected chi connectivity index (χ1v) is 8.72. The number of nitrogens with two attached hydrogens (primary N) is 1. The fourth-order valence-electron chi connectivity index (χ4n) is 2.90. The first kappa shape index (κ1) is 18.4. The summed E-state index contributed by atoms with van der Waals surface area (Å²) in [4.78, 5) is 0.388. The normalized spacial score (nSPS) is 22.6. The number of aryl methyl sites for hydroxylation is 2. The average molecular weight is 333 g/mol. The van der Waals surface area contributed by atoms with Crippen molar-refractivity contribution in [2.45, 2.75) is 50.5 Å². The second kappa shape index (κ2) is 7.58. The zero-order chi connectivity index (χ0) is 14.8. The van der Waals surface area contributed by atoms with Crippen LogP contribution in [0.1, 0.15) is 36.8 Å². The molecule has 2 atom stereocenters. The van der Waals surface area contributed by atoms with Crippen LogP contribution in [0.2, 0.25) is 0 Å². The van der Waals surface area contributed by atoms with Crippen molar-refractivity contribution in [2.24, 2.45) is 11.7 Å². The maximum atomic E-state index is 12.6. The summed E-state index contributed by atoms with van der Waals surface area (Å²) in [6.45, 7) is 4.27. The van der Waals surface area contributed by atoms with Crippen molar-refractivity contribution in [3.8, 4) is 0 Å². The molecule has 1 aliphatic carbocycles. The lowest BCUT2D eigenvalue weighted by Crippen LogP contribution is -2.44. The highest BCUT2D eigenvalue weighted by Crippen LogP contribution is 2.26. The van der Waals surface area contributed by atoms with E-state index in [0.29, 0.717) is 11.4 Å². The van der Waals surface area contributed by atoms with Gasteiger partial charge in [-0.3, -0.25) is 0 Å².